The van der Waals surface area contributed by atoms with Crippen molar-refractivity contribution in [3.8, 4) is 11.1 Å². The Hall–Kier alpha value is -3.02. The van der Waals surface area contributed by atoms with Crippen molar-refractivity contribution in [1.82, 2.24) is 10.2 Å². The number of amides is 2. The number of alkyl carbamates (subject to hydrolysis) is 1. The predicted octanol–water partition coefficient (Wildman–Crippen LogP) is 6.48. The molecule has 3 aliphatic rings. The van der Waals surface area contributed by atoms with Crippen LogP contribution in [0.5, 0.6) is 0 Å². The van der Waals surface area contributed by atoms with Gasteiger partial charge in [0.15, 0.2) is 0 Å². The van der Waals surface area contributed by atoms with Gasteiger partial charge in [-0.2, -0.15) is 0 Å². The first-order chi connectivity index (χ1) is 17.3. The standard InChI is InChI=1S/C30H38N2O4/c1-30(2,3)36-29(34)32-21-9-8-10-22(32)18-20(17-21)15-16-31-28(33)35-19-27-25-13-6-4-11-23(25)24-12-5-7-14-26(24)27/h4-7,11-14,20-22,27H,8-10,15-19H2,1-3H3,(H,31,33). The summed E-state index contributed by atoms with van der Waals surface area (Å²) in [6.45, 7) is 6.68. The van der Waals surface area contributed by atoms with Crippen LogP contribution in [-0.2, 0) is 9.47 Å². The van der Waals surface area contributed by atoms with E-state index in [0.717, 1.165) is 32.1 Å². The van der Waals surface area contributed by atoms with Crippen molar-refractivity contribution in [2.24, 2.45) is 5.92 Å². The van der Waals surface area contributed by atoms with Crippen LogP contribution in [0.3, 0.4) is 0 Å². The Bertz CT molecular complexity index is 1050. The van der Waals surface area contributed by atoms with Crippen molar-refractivity contribution in [1.29, 1.82) is 0 Å². The average Bonchev–Trinajstić information content (AvgIpc) is 3.15. The number of rotatable bonds is 5. The van der Waals surface area contributed by atoms with Crippen LogP contribution in [-0.4, -0.2) is 47.9 Å². The summed E-state index contributed by atoms with van der Waals surface area (Å²) in [5, 5.41) is 2.97. The van der Waals surface area contributed by atoms with Gasteiger partial charge in [0.1, 0.15) is 12.2 Å². The van der Waals surface area contributed by atoms with Crippen LogP contribution >= 0.6 is 0 Å². The van der Waals surface area contributed by atoms with E-state index < -0.39 is 5.60 Å². The summed E-state index contributed by atoms with van der Waals surface area (Å²) in [5.41, 5.74) is 4.41. The number of hydrogen-bond donors (Lipinski definition) is 1. The van der Waals surface area contributed by atoms with Gasteiger partial charge in [-0.05, 0) is 87.5 Å². The molecule has 2 heterocycles. The molecule has 2 unspecified atom stereocenters. The van der Waals surface area contributed by atoms with Gasteiger partial charge in [-0.3, -0.25) is 0 Å². The van der Waals surface area contributed by atoms with Crippen LogP contribution in [0.4, 0.5) is 9.59 Å². The highest BCUT2D eigenvalue weighted by molar-refractivity contribution is 5.79. The molecule has 1 aliphatic carbocycles. The molecule has 192 valence electrons. The van der Waals surface area contributed by atoms with Crippen molar-refractivity contribution in [2.75, 3.05) is 13.2 Å². The fraction of sp³-hybridized carbons (Fsp3) is 0.533. The highest BCUT2D eigenvalue weighted by atomic mass is 16.6. The SMILES string of the molecule is CC(C)(C)OC(=O)N1C2CCCC1CC(CCNC(=O)OCC1c3ccccc3-c3ccccc31)C2. The lowest BCUT2D eigenvalue weighted by molar-refractivity contribution is -0.0286. The van der Waals surface area contributed by atoms with Crippen LogP contribution in [0.1, 0.15) is 76.3 Å². The van der Waals surface area contributed by atoms with Gasteiger partial charge in [0, 0.05) is 24.5 Å². The molecule has 0 saturated carbocycles. The highest BCUT2D eigenvalue weighted by Crippen LogP contribution is 2.44. The summed E-state index contributed by atoms with van der Waals surface area (Å²) in [7, 11) is 0. The van der Waals surface area contributed by atoms with Gasteiger partial charge in [0.2, 0.25) is 0 Å². The van der Waals surface area contributed by atoms with Crippen LogP contribution < -0.4 is 5.32 Å². The summed E-state index contributed by atoms with van der Waals surface area (Å²) < 4.78 is 11.4. The fourth-order valence-corrected chi connectivity index (χ4v) is 6.37. The molecule has 0 aromatic heterocycles. The first-order valence-electron chi connectivity index (χ1n) is 13.4. The first kappa shape index (κ1) is 24.7. The minimum Gasteiger partial charge on any atom is -0.449 e. The normalized spacial score (nSPS) is 23.0. The van der Waals surface area contributed by atoms with E-state index in [-0.39, 0.29) is 30.2 Å². The van der Waals surface area contributed by atoms with Gasteiger partial charge < -0.3 is 19.7 Å². The third kappa shape index (κ3) is 5.23. The molecule has 2 saturated heterocycles. The molecule has 2 fully saturated rings. The molecule has 1 N–H and O–H groups in total. The Balaban J connectivity index is 1.10. The maximum Gasteiger partial charge on any atom is 0.410 e. The van der Waals surface area contributed by atoms with E-state index in [1.807, 2.05) is 37.8 Å². The Morgan fingerprint density at radius 2 is 1.53 bits per heavy atom. The lowest BCUT2D eigenvalue weighted by atomic mass is 9.77. The average molecular weight is 491 g/mol. The number of carbonyl (C=O) groups is 2. The summed E-state index contributed by atoms with van der Waals surface area (Å²) >= 11 is 0. The Morgan fingerprint density at radius 3 is 2.11 bits per heavy atom. The maximum atomic E-state index is 12.8. The highest BCUT2D eigenvalue weighted by Gasteiger charge is 2.42. The number of nitrogens with one attached hydrogen (secondary N) is 1. The molecule has 36 heavy (non-hydrogen) atoms. The second kappa shape index (κ2) is 10.2. The second-order valence-corrected chi connectivity index (χ2v) is 11.5. The van der Waals surface area contributed by atoms with E-state index >= 15 is 0 Å². The number of benzene rings is 2. The van der Waals surface area contributed by atoms with E-state index in [1.165, 1.54) is 28.7 Å². The third-order valence-corrected chi connectivity index (χ3v) is 7.84. The van der Waals surface area contributed by atoms with Crippen LogP contribution in [0.25, 0.3) is 11.1 Å². The topological polar surface area (TPSA) is 67.9 Å². The van der Waals surface area contributed by atoms with E-state index in [2.05, 4.69) is 41.7 Å². The van der Waals surface area contributed by atoms with E-state index in [4.69, 9.17) is 9.47 Å². The lowest BCUT2D eigenvalue weighted by Gasteiger charge is -2.48. The Kier molecular flexibility index (Phi) is 6.96. The molecule has 2 atom stereocenters. The number of ether oxygens (including phenoxy) is 2. The molecule has 2 bridgehead atoms. The molecule has 2 aliphatic heterocycles. The Labute approximate surface area is 214 Å². The zero-order valence-electron chi connectivity index (χ0n) is 21.7. The molecule has 5 rings (SSSR count). The molecule has 0 spiro atoms. The molecular weight excluding hydrogens is 452 g/mol. The summed E-state index contributed by atoms with van der Waals surface area (Å²) in [6, 6.07) is 17.2. The molecule has 6 heteroatoms. The third-order valence-electron chi connectivity index (χ3n) is 7.84. The summed E-state index contributed by atoms with van der Waals surface area (Å²) in [5.74, 6) is 0.563. The summed E-state index contributed by atoms with van der Waals surface area (Å²) in [4.78, 5) is 27.3. The van der Waals surface area contributed by atoms with E-state index in [9.17, 15) is 9.59 Å². The van der Waals surface area contributed by atoms with Crippen molar-refractivity contribution in [2.45, 2.75) is 82.9 Å². The Morgan fingerprint density at radius 1 is 0.944 bits per heavy atom. The number of piperidine rings is 2. The van der Waals surface area contributed by atoms with Crippen LogP contribution in [0, 0.1) is 5.92 Å². The van der Waals surface area contributed by atoms with Crippen molar-refractivity contribution >= 4 is 12.2 Å². The van der Waals surface area contributed by atoms with Crippen LogP contribution in [0.15, 0.2) is 48.5 Å². The fourth-order valence-electron chi connectivity index (χ4n) is 6.37. The van der Waals surface area contributed by atoms with Crippen LogP contribution in [0.2, 0.25) is 0 Å². The van der Waals surface area contributed by atoms with Gasteiger partial charge in [-0.1, -0.05) is 48.5 Å². The van der Waals surface area contributed by atoms with Gasteiger partial charge >= 0.3 is 12.2 Å². The van der Waals surface area contributed by atoms with Gasteiger partial charge in [-0.15, -0.1) is 0 Å². The first-order valence-corrected chi connectivity index (χ1v) is 13.4. The molecule has 2 aromatic carbocycles. The lowest BCUT2D eigenvalue weighted by Crippen LogP contribution is -2.56. The number of hydrogen-bond acceptors (Lipinski definition) is 4. The minimum absolute atomic E-state index is 0.0692. The number of carbonyl (C=O) groups excluding carboxylic acids is 2. The largest absolute Gasteiger partial charge is 0.449 e. The monoisotopic (exact) mass is 490 g/mol. The second-order valence-electron chi connectivity index (χ2n) is 11.5. The molecule has 2 amide bonds. The quantitative estimate of drug-likeness (QED) is 0.521. The molecule has 0 radical (unpaired) electrons. The van der Waals surface area contributed by atoms with Gasteiger partial charge in [-0.25, -0.2) is 9.59 Å². The van der Waals surface area contributed by atoms with Crippen molar-refractivity contribution in [3.63, 3.8) is 0 Å². The smallest absolute Gasteiger partial charge is 0.410 e. The van der Waals surface area contributed by atoms with Crippen molar-refractivity contribution < 1.29 is 19.1 Å². The van der Waals surface area contributed by atoms with Gasteiger partial charge in [0.25, 0.3) is 0 Å². The van der Waals surface area contributed by atoms with Gasteiger partial charge in [0.05, 0.1) is 0 Å². The molecule has 2 aromatic rings. The number of nitrogens with zero attached hydrogens (tertiary/aromatic N) is 1. The predicted molar refractivity (Wildman–Crippen MR) is 140 cm³/mol. The van der Waals surface area contributed by atoms with Crippen molar-refractivity contribution in [3.05, 3.63) is 59.7 Å². The molecule has 6 nitrogen and oxygen atoms in total. The minimum atomic E-state index is -0.477. The molecular formula is C30H38N2O4. The zero-order valence-corrected chi connectivity index (χ0v) is 21.7. The summed E-state index contributed by atoms with van der Waals surface area (Å²) in [6.07, 6.45) is 5.55. The zero-order chi connectivity index (χ0) is 25.3. The number of fused-ring (bicyclic) bond motifs is 5. The maximum absolute atomic E-state index is 12.8. The van der Waals surface area contributed by atoms with E-state index in [1.54, 1.807) is 0 Å². The van der Waals surface area contributed by atoms with E-state index in [0.29, 0.717) is 19.1 Å².